The molecule has 1 aliphatic rings. The highest BCUT2D eigenvalue weighted by Crippen LogP contribution is 2.39. The first-order valence-corrected chi connectivity index (χ1v) is 8.30. The maximum absolute atomic E-state index is 6.36. The van der Waals surface area contributed by atoms with E-state index in [1.54, 1.807) is 0 Å². The lowest BCUT2D eigenvalue weighted by atomic mass is 9.70. The van der Waals surface area contributed by atoms with E-state index in [-0.39, 0.29) is 12.1 Å². The van der Waals surface area contributed by atoms with Gasteiger partial charge in [0.1, 0.15) is 11.9 Å². The first-order chi connectivity index (χ1) is 9.79. The fourth-order valence-corrected chi connectivity index (χ4v) is 3.30. The molecule has 0 saturated heterocycles. The van der Waals surface area contributed by atoms with Crippen LogP contribution in [0.5, 0.6) is 5.75 Å². The van der Waals surface area contributed by atoms with Crippen molar-refractivity contribution in [1.82, 2.24) is 0 Å². The number of ether oxygens (including phenoxy) is 1. The van der Waals surface area contributed by atoms with E-state index in [2.05, 4.69) is 58.9 Å². The molecule has 21 heavy (non-hydrogen) atoms. The van der Waals surface area contributed by atoms with E-state index in [1.807, 2.05) is 0 Å². The van der Waals surface area contributed by atoms with Gasteiger partial charge >= 0.3 is 0 Å². The lowest BCUT2D eigenvalue weighted by molar-refractivity contribution is 0.0584. The van der Waals surface area contributed by atoms with Crippen molar-refractivity contribution in [2.24, 2.45) is 17.1 Å². The van der Waals surface area contributed by atoms with Crippen LogP contribution >= 0.6 is 0 Å². The fraction of sp³-hybridized carbons (Fsp3) is 0.684. The van der Waals surface area contributed by atoms with Crippen molar-refractivity contribution >= 4 is 0 Å². The molecule has 1 aromatic rings. The molecule has 3 atom stereocenters. The average molecular weight is 289 g/mol. The summed E-state index contributed by atoms with van der Waals surface area (Å²) in [7, 11) is 0. The Morgan fingerprint density at radius 1 is 1.14 bits per heavy atom. The lowest BCUT2D eigenvalue weighted by Gasteiger charge is -2.40. The zero-order valence-electron chi connectivity index (χ0n) is 14.2. The highest BCUT2D eigenvalue weighted by molar-refractivity contribution is 5.35. The number of para-hydroxylation sites is 1. The molecule has 0 aliphatic heterocycles. The fourth-order valence-electron chi connectivity index (χ4n) is 3.30. The zero-order valence-corrected chi connectivity index (χ0v) is 14.2. The third kappa shape index (κ3) is 4.00. The van der Waals surface area contributed by atoms with Gasteiger partial charge in [-0.2, -0.15) is 0 Å². The van der Waals surface area contributed by atoms with Crippen LogP contribution in [0.15, 0.2) is 24.3 Å². The van der Waals surface area contributed by atoms with Crippen molar-refractivity contribution in [3.8, 4) is 5.75 Å². The van der Waals surface area contributed by atoms with Gasteiger partial charge in [0.15, 0.2) is 0 Å². The van der Waals surface area contributed by atoms with Gasteiger partial charge in [0.2, 0.25) is 0 Å². The maximum atomic E-state index is 6.36. The Labute approximate surface area is 130 Å². The summed E-state index contributed by atoms with van der Waals surface area (Å²) in [5.41, 5.74) is 7.95. The van der Waals surface area contributed by atoms with Crippen molar-refractivity contribution in [3.63, 3.8) is 0 Å². The third-order valence-corrected chi connectivity index (χ3v) is 4.89. The van der Waals surface area contributed by atoms with E-state index in [4.69, 9.17) is 10.5 Å². The molecule has 0 spiro atoms. The first-order valence-electron chi connectivity index (χ1n) is 8.30. The van der Waals surface area contributed by atoms with Crippen LogP contribution in [0.4, 0.5) is 0 Å². The summed E-state index contributed by atoms with van der Waals surface area (Å²) in [4.78, 5) is 0. The molecule has 1 aromatic carbocycles. The Morgan fingerprint density at radius 2 is 1.81 bits per heavy atom. The van der Waals surface area contributed by atoms with Gasteiger partial charge in [-0.1, -0.05) is 52.8 Å². The van der Waals surface area contributed by atoms with Crippen LogP contribution in [-0.2, 0) is 0 Å². The highest BCUT2D eigenvalue weighted by atomic mass is 16.5. The summed E-state index contributed by atoms with van der Waals surface area (Å²) in [5, 5.41) is 0. The maximum Gasteiger partial charge on any atom is 0.123 e. The molecule has 2 rings (SSSR count). The molecule has 1 saturated carbocycles. The predicted molar refractivity (Wildman–Crippen MR) is 89.7 cm³/mol. The average Bonchev–Trinajstić information content (AvgIpc) is 2.40. The molecule has 3 unspecified atom stereocenters. The third-order valence-electron chi connectivity index (χ3n) is 4.89. The largest absolute Gasteiger partial charge is 0.489 e. The minimum atomic E-state index is 0.142. The minimum absolute atomic E-state index is 0.142. The van der Waals surface area contributed by atoms with Crippen LogP contribution in [0.25, 0.3) is 0 Å². The summed E-state index contributed by atoms with van der Waals surface area (Å²) in [6, 6.07) is 8.54. The quantitative estimate of drug-likeness (QED) is 0.873. The van der Waals surface area contributed by atoms with Crippen LogP contribution in [-0.4, -0.2) is 12.1 Å². The molecular weight excluding hydrogens is 258 g/mol. The van der Waals surface area contributed by atoms with E-state index in [1.165, 1.54) is 12.0 Å². The molecule has 1 aliphatic carbocycles. The molecular formula is C19H31NO. The topological polar surface area (TPSA) is 35.2 Å². The van der Waals surface area contributed by atoms with E-state index < -0.39 is 0 Å². The molecule has 2 N–H and O–H groups in total. The second kappa shape index (κ2) is 6.39. The summed E-state index contributed by atoms with van der Waals surface area (Å²) < 4.78 is 6.36. The molecule has 0 aromatic heterocycles. The van der Waals surface area contributed by atoms with Crippen molar-refractivity contribution in [2.45, 2.75) is 71.9 Å². The Kier molecular flexibility index (Phi) is 4.98. The van der Waals surface area contributed by atoms with Gasteiger partial charge in [-0.25, -0.2) is 0 Å². The smallest absolute Gasteiger partial charge is 0.123 e. The van der Waals surface area contributed by atoms with Crippen LogP contribution in [0, 0.1) is 11.3 Å². The van der Waals surface area contributed by atoms with Crippen molar-refractivity contribution in [2.75, 3.05) is 0 Å². The number of hydrogen-bond donors (Lipinski definition) is 1. The van der Waals surface area contributed by atoms with Gasteiger partial charge in [-0.05, 0) is 48.1 Å². The summed E-state index contributed by atoms with van der Waals surface area (Å²) >= 11 is 0. The predicted octanol–water partition coefficient (Wildman–Crippen LogP) is 4.73. The molecule has 2 nitrogen and oxygen atoms in total. The Morgan fingerprint density at radius 3 is 2.43 bits per heavy atom. The lowest BCUT2D eigenvalue weighted by Crippen LogP contribution is -2.46. The summed E-state index contributed by atoms with van der Waals surface area (Å²) in [6.45, 7) is 11.4. The zero-order chi connectivity index (χ0) is 15.6. The molecule has 0 heterocycles. The van der Waals surface area contributed by atoms with Crippen LogP contribution in [0.1, 0.15) is 65.4 Å². The van der Waals surface area contributed by atoms with Gasteiger partial charge < -0.3 is 10.5 Å². The molecule has 118 valence electrons. The number of rotatable bonds is 3. The standard InChI is InChI=1S/C19H31NO/c1-13(2)15-8-6-7-9-17(15)21-18-12-14(19(3,4)5)10-11-16(18)20/h6-9,13-14,16,18H,10-12,20H2,1-5H3. The van der Waals surface area contributed by atoms with Gasteiger partial charge in [0, 0.05) is 6.04 Å². The molecule has 0 amide bonds. The SMILES string of the molecule is CC(C)c1ccccc1OC1CC(C(C)(C)C)CCC1N. The minimum Gasteiger partial charge on any atom is -0.489 e. The van der Waals surface area contributed by atoms with Crippen LogP contribution in [0.3, 0.4) is 0 Å². The van der Waals surface area contributed by atoms with Crippen molar-refractivity contribution < 1.29 is 4.74 Å². The number of nitrogens with two attached hydrogens (primary N) is 1. The van der Waals surface area contributed by atoms with E-state index in [0.29, 0.717) is 17.3 Å². The normalized spacial score (nSPS) is 26.9. The van der Waals surface area contributed by atoms with Crippen LogP contribution in [0.2, 0.25) is 0 Å². The van der Waals surface area contributed by atoms with Crippen molar-refractivity contribution in [1.29, 1.82) is 0 Å². The van der Waals surface area contributed by atoms with E-state index in [0.717, 1.165) is 18.6 Å². The highest BCUT2D eigenvalue weighted by Gasteiger charge is 2.35. The summed E-state index contributed by atoms with van der Waals surface area (Å²) in [6.07, 6.45) is 3.49. The first kappa shape index (κ1) is 16.4. The molecule has 2 heteroatoms. The van der Waals surface area contributed by atoms with Gasteiger partial charge in [0.05, 0.1) is 0 Å². The van der Waals surface area contributed by atoms with Crippen LogP contribution < -0.4 is 10.5 Å². The summed E-state index contributed by atoms with van der Waals surface area (Å²) in [5.74, 6) is 2.18. The Hall–Kier alpha value is -1.02. The number of benzene rings is 1. The van der Waals surface area contributed by atoms with Gasteiger partial charge in [-0.3, -0.25) is 0 Å². The second-order valence-electron chi connectivity index (χ2n) is 7.89. The Bertz CT molecular complexity index is 461. The second-order valence-corrected chi connectivity index (χ2v) is 7.89. The molecule has 1 fully saturated rings. The monoisotopic (exact) mass is 289 g/mol. The molecule has 0 radical (unpaired) electrons. The van der Waals surface area contributed by atoms with Crippen molar-refractivity contribution in [3.05, 3.63) is 29.8 Å². The number of hydrogen-bond acceptors (Lipinski definition) is 2. The van der Waals surface area contributed by atoms with Gasteiger partial charge in [-0.15, -0.1) is 0 Å². The Balaban J connectivity index is 2.14. The van der Waals surface area contributed by atoms with E-state index in [9.17, 15) is 0 Å². The molecule has 0 bridgehead atoms. The van der Waals surface area contributed by atoms with Gasteiger partial charge in [0.25, 0.3) is 0 Å². The van der Waals surface area contributed by atoms with E-state index >= 15 is 0 Å².